The number of rotatable bonds is 3. The predicted molar refractivity (Wildman–Crippen MR) is 52.8 cm³/mol. The lowest BCUT2D eigenvalue weighted by molar-refractivity contribution is -0.689. The van der Waals surface area contributed by atoms with E-state index in [2.05, 4.69) is 5.32 Å². The van der Waals surface area contributed by atoms with Crippen molar-refractivity contribution in [3.8, 4) is 0 Å². The van der Waals surface area contributed by atoms with E-state index in [-0.39, 0.29) is 18.4 Å². The Labute approximate surface area is 97.1 Å². The fraction of sp³-hybridized carbons (Fsp3) is 1.00. The van der Waals surface area contributed by atoms with E-state index in [1.54, 1.807) is 0 Å². The number of halogens is 1. The van der Waals surface area contributed by atoms with Gasteiger partial charge in [0.25, 0.3) is 0 Å². The Morgan fingerprint density at radius 3 is 2.67 bits per heavy atom. The summed E-state index contributed by atoms with van der Waals surface area (Å²) in [4.78, 5) is 0. The van der Waals surface area contributed by atoms with E-state index in [0.717, 1.165) is 32.4 Å². The van der Waals surface area contributed by atoms with Crippen LogP contribution in [0.2, 0.25) is 0 Å². The molecule has 15 heavy (non-hydrogen) atoms. The van der Waals surface area contributed by atoms with Crippen molar-refractivity contribution in [2.75, 3.05) is 24.7 Å². The average molecular weight is 256 g/mol. The van der Waals surface area contributed by atoms with Gasteiger partial charge in [0, 0.05) is 13.0 Å². The molecule has 2 fully saturated rings. The SMILES string of the molecule is O=S1(=O)CCC([NH2+]CC2CCCO2)C1.[Cl-]. The van der Waals surface area contributed by atoms with Gasteiger partial charge in [0.1, 0.15) is 24.4 Å². The summed E-state index contributed by atoms with van der Waals surface area (Å²) in [6, 6.07) is 0.282. The van der Waals surface area contributed by atoms with E-state index >= 15 is 0 Å². The standard InChI is InChI=1S/C9H17NO3S.ClH/c11-14(12)5-3-8(7-14)10-6-9-2-1-4-13-9;/h8-10H,1-7H2;1H. The van der Waals surface area contributed by atoms with Gasteiger partial charge in [-0.3, -0.25) is 0 Å². The Bertz CT molecular complexity index is 288. The van der Waals surface area contributed by atoms with Crippen LogP contribution in [0.15, 0.2) is 0 Å². The topological polar surface area (TPSA) is 60.0 Å². The molecular weight excluding hydrogens is 238 g/mol. The van der Waals surface area contributed by atoms with Crippen LogP contribution in [0.25, 0.3) is 0 Å². The second-order valence-corrected chi connectivity index (χ2v) is 6.50. The second-order valence-electron chi connectivity index (χ2n) is 4.27. The van der Waals surface area contributed by atoms with Gasteiger partial charge >= 0.3 is 0 Å². The highest BCUT2D eigenvalue weighted by Gasteiger charge is 2.31. The van der Waals surface area contributed by atoms with Gasteiger partial charge in [-0.2, -0.15) is 0 Å². The lowest BCUT2D eigenvalue weighted by atomic mass is 10.2. The monoisotopic (exact) mass is 255 g/mol. The minimum absolute atomic E-state index is 0. The largest absolute Gasteiger partial charge is 1.00 e. The van der Waals surface area contributed by atoms with Crippen molar-refractivity contribution in [2.45, 2.75) is 31.4 Å². The quantitative estimate of drug-likeness (QED) is 0.558. The first kappa shape index (κ1) is 13.2. The molecular formula is C9H18ClNO3S. The van der Waals surface area contributed by atoms with Crippen LogP contribution in [-0.2, 0) is 14.6 Å². The molecule has 2 aliphatic heterocycles. The van der Waals surface area contributed by atoms with Crippen LogP contribution in [0, 0.1) is 0 Å². The molecule has 2 heterocycles. The first-order valence-corrected chi connectivity index (χ1v) is 7.13. The zero-order valence-electron chi connectivity index (χ0n) is 8.69. The molecule has 0 amide bonds. The van der Waals surface area contributed by atoms with Crippen LogP contribution in [0.3, 0.4) is 0 Å². The number of ether oxygens (including phenoxy) is 1. The van der Waals surface area contributed by atoms with Gasteiger partial charge in [0.2, 0.25) is 0 Å². The normalized spacial score (nSPS) is 33.9. The third-order valence-electron chi connectivity index (χ3n) is 3.02. The van der Waals surface area contributed by atoms with Gasteiger partial charge in [-0.05, 0) is 12.8 Å². The fourth-order valence-corrected chi connectivity index (χ4v) is 3.97. The molecule has 0 aromatic carbocycles. The number of hydrogen-bond acceptors (Lipinski definition) is 3. The summed E-state index contributed by atoms with van der Waals surface area (Å²) in [5, 5.41) is 2.15. The van der Waals surface area contributed by atoms with Crippen molar-refractivity contribution in [3.63, 3.8) is 0 Å². The van der Waals surface area contributed by atoms with Gasteiger partial charge in [-0.25, -0.2) is 8.42 Å². The van der Waals surface area contributed by atoms with Crippen molar-refractivity contribution in [1.82, 2.24) is 0 Å². The van der Waals surface area contributed by atoms with Gasteiger partial charge in [-0.1, -0.05) is 0 Å². The van der Waals surface area contributed by atoms with Gasteiger partial charge in [0.05, 0.1) is 5.75 Å². The summed E-state index contributed by atoms with van der Waals surface area (Å²) in [5.74, 6) is 0.736. The van der Waals surface area contributed by atoms with E-state index < -0.39 is 9.84 Å². The van der Waals surface area contributed by atoms with E-state index in [4.69, 9.17) is 4.74 Å². The molecule has 2 N–H and O–H groups in total. The minimum atomic E-state index is -2.71. The highest BCUT2D eigenvalue weighted by Crippen LogP contribution is 2.11. The van der Waals surface area contributed by atoms with Crippen LogP contribution < -0.4 is 17.7 Å². The molecule has 0 saturated carbocycles. The summed E-state index contributed by atoms with van der Waals surface area (Å²) < 4.78 is 27.9. The summed E-state index contributed by atoms with van der Waals surface area (Å²) >= 11 is 0. The molecule has 0 bridgehead atoms. The molecule has 90 valence electrons. The maximum Gasteiger partial charge on any atom is 0.156 e. The third-order valence-corrected chi connectivity index (χ3v) is 4.82. The maximum absolute atomic E-state index is 11.2. The molecule has 0 radical (unpaired) electrons. The van der Waals surface area contributed by atoms with Crippen molar-refractivity contribution >= 4 is 9.84 Å². The minimum Gasteiger partial charge on any atom is -1.00 e. The molecule has 0 aromatic heterocycles. The molecule has 2 rings (SSSR count). The average Bonchev–Trinajstić information content (AvgIpc) is 2.70. The van der Waals surface area contributed by atoms with Crippen LogP contribution in [0.1, 0.15) is 19.3 Å². The number of nitrogens with two attached hydrogens (primary N) is 1. The molecule has 2 saturated heterocycles. The van der Waals surface area contributed by atoms with Crippen LogP contribution in [0.4, 0.5) is 0 Å². The summed E-state index contributed by atoms with van der Waals surface area (Å²) in [6.07, 6.45) is 3.46. The summed E-state index contributed by atoms with van der Waals surface area (Å²) in [7, 11) is -2.71. The first-order valence-electron chi connectivity index (χ1n) is 5.31. The molecule has 2 unspecified atom stereocenters. The highest BCUT2D eigenvalue weighted by atomic mass is 35.5. The summed E-state index contributed by atoms with van der Waals surface area (Å²) in [5.41, 5.74) is 0. The Kier molecular flexibility index (Phi) is 4.83. The lowest BCUT2D eigenvalue weighted by Crippen LogP contribution is -3.00. The molecule has 6 heteroatoms. The molecule has 2 aliphatic rings. The second kappa shape index (κ2) is 5.48. The third kappa shape index (κ3) is 3.90. The highest BCUT2D eigenvalue weighted by molar-refractivity contribution is 7.91. The zero-order chi connectivity index (χ0) is 10.0. The van der Waals surface area contributed by atoms with Gasteiger partial charge < -0.3 is 22.5 Å². The van der Waals surface area contributed by atoms with E-state index in [9.17, 15) is 8.42 Å². The lowest BCUT2D eigenvalue weighted by Gasteiger charge is -2.11. The van der Waals surface area contributed by atoms with Gasteiger partial charge in [-0.15, -0.1) is 0 Å². The van der Waals surface area contributed by atoms with Crippen LogP contribution in [0.5, 0.6) is 0 Å². The van der Waals surface area contributed by atoms with E-state index in [1.807, 2.05) is 0 Å². The van der Waals surface area contributed by atoms with E-state index in [1.165, 1.54) is 0 Å². The predicted octanol–water partition coefficient (Wildman–Crippen LogP) is -4.08. The van der Waals surface area contributed by atoms with E-state index in [0.29, 0.717) is 17.6 Å². The first-order chi connectivity index (χ1) is 6.66. The number of quaternary nitrogens is 1. The smallest absolute Gasteiger partial charge is 0.156 e. The van der Waals surface area contributed by atoms with Gasteiger partial charge in [0.15, 0.2) is 9.84 Å². The Balaban J connectivity index is 0.00000112. The fourth-order valence-electron chi connectivity index (χ4n) is 2.18. The molecule has 4 nitrogen and oxygen atoms in total. The molecule has 0 aliphatic carbocycles. The number of sulfone groups is 1. The zero-order valence-corrected chi connectivity index (χ0v) is 10.3. The summed E-state index contributed by atoms with van der Waals surface area (Å²) in [6.45, 7) is 1.81. The maximum atomic E-state index is 11.2. The van der Waals surface area contributed by atoms with Crippen molar-refractivity contribution in [3.05, 3.63) is 0 Å². The number of hydrogen-bond donors (Lipinski definition) is 1. The molecule has 0 spiro atoms. The van der Waals surface area contributed by atoms with Crippen molar-refractivity contribution in [2.24, 2.45) is 0 Å². The van der Waals surface area contributed by atoms with Crippen molar-refractivity contribution in [1.29, 1.82) is 0 Å². The Hall–Kier alpha value is 0.160. The Morgan fingerprint density at radius 2 is 2.13 bits per heavy atom. The molecule has 2 atom stereocenters. The van der Waals surface area contributed by atoms with Crippen LogP contribution >= 0.6 is 0 Å². The van der Waals surface area contributed by atoms with Crippen LogP contribution in [-0.4, -0.2) is 45.2 Å². The molecule has 0 aromatic rings. The Morgan fingerprint density at radius 1 is 1.33 bits per heavy atom. The van der Waals surface area contributed by atoms with Crippen molar-refractivity contribution < 1.29 is 30.9 Å².